The van der Waals surface area contributed by atoms with Crippen LogP contribution in [0.2, 0.25) is 0 Å². The van der Waals surface area contributed by atoms with Gasteiger partial charge < -0.3 is 15.4 Å². The summed E-state index contributed by atoms with van der Waals surface area (Å²) in [6.45, 7) is 2.35. The largest absolute Gasteiger partial charge is 0.382 e. The fourth-order valence-corrected chi connectivity index (χ4v) is 2.09. The lowest BCUT2D eigenvalue weighted by Gasteiger charge is -2.02. The maximum absolute atomic E-state index is 9.42. The summed E-state index contributed by atoms with van der Waals surface area (Å²) in [7, 11) is 0. The molecule has 0 radical (unpaired) electrons. The van der Waals surface area contributed by atoms with E-state index in [9.17, 15) is 5.11 Å². The summed E-state index contributed by atoms with van der Waals surface area (Å²) in [5.41, 5.74) is 5.31. The molecule has 3 atom stereocenters. The van der Waals surface area contributed by atoms with Crippen LogP contribution in [0.15, 0.2) is 4.52 Å². The van der Waals surface area contributed by atoms with Crippen molar-refractivity contribution in [3.63, 3.8) is 0 Å². The van der Waals surface area contributed by atoms with Gasteiger partial charge in [0.2, 0.25) is 0 Å². The van der Waals surface area contributed by atoms with Crippen LogP contribution >= 0.6 is 0 Å². The van der Waals surface area contributed by atoms with Gasteiger partial charge in [0, 0.05) is 12.5 Å². The molecular weight excluding hydrogens is 194 g/mol. The van der Waals surface area contributed by atoms with Crippen LogP contribution in [-0.4, -0.2) is 21.8 Å². The molecule has 1 aliphatic rings. The number of aliphatic hydroxyl groups is 1. The highest BCUT2D eigenvalue weighted by atomic mass is 16.5. The first-order valence-electron chi connectivity index (χ1n) is 5.42. The van der Waals surface area contributed by atoms with E-state index >= 15 is 0 Å². The molecule has 0 bridgehead atoms. The van der Waals surface area contributed by atoms with Crippen molar-refractivity contribution in [2.24, 2.45) is 11.7 Å². The number of nitrogens with zero attached hydrogens (tertiary/aromatic N) is 2. The Bertz CT molecular complexity index is 326. The molecule has 1 heterocycles. The molecule has 1 saturated carbocycles. The Morgan fingerprint density at radius 1 is 1.60 bits per heavy atom. The SMILES string of the molecule is CC1CCC(c2noc(C(O)CN)n2)C1. The van der Waals surface area contributed by atoms with Crippen molar-refractivity contribution in [3.05, 3.63) is 11.7 Å². The molecule has 0 aromatic carbocycles. The highest BCUT2D eigenvalue weighted by molar-refractivity contribution is 5.00. The molecule has 84 valence electrons. The summed E-state index contributed by atoms with van der Waals surface area (Å²) in [5, 5.41) is 13.3. The molecule has 0 amide bonds. The predicted molar refractivity (Wildman–Crippen MR) is 54.1 cm³/mol. The zero-order valence-corrected chi connectivity index (χ0v) is 8.89. The molecule has 5 heteroatoms. The quantitative estimate of drug-likeness (QED) is 0.778. The van der Waals surface area contributed by atoms with Gasteiger partial charge in [-0.05, 0) is 25.2 Å². The third-order valence-electron chi connectivity index (χ3n) is 3.03. The Balaban J connectivity index is 2.07. The standard InChI is InChI=1S/C10H17N3O2/c1-6-2-3-7(4-6)9-12-10(15-13-9)8(14)5-11/h6-8,14H,2-5,11H2,1H3. The second-order valence-electron chi connectivity index (χ2n) is 4.36. The minimum absolute atomic E-state index is 0.114. The molecule has 5 nitrogen and oxygen atoms in total. The number of aromatic nitrogens is 2. The van der Waals surface area contributed by atoms with E-state index in [1.165, 1.54) is 6.42 Å². The van der Waals surface area contributed by atoms with Crippen LogP contribution in [0, 0.1) is 5.92 Å². The number of rotatable bonds is 3. The van der Waals surface area contributed by atoms with Gasteiger partial charge in [-0.15, -0.1) is 0 Å². The fraction of sp³-hybridized carbons (Fsp3) is 0.800. The van der Waals surface area contributed by atoms with E-state index in [0.29, 0.717) is 5.92 Å². The molecule has 3 N–H and O–H groups in total. The molecule has 15 heavy (non-hydrogen) atoms. The van der Waals surface area contributed by atoms with Crippen LogP contribution in [0.25, 0.3) is 0 Å². The molecule has 1 fully saturated rings. The average Bonchev–Trinajstić information content (AvgIpc) is 2.84. The van der Waals surface area contributed by atoms with Crippen molar-refractivity contribution in [1.29, 1.82) is 0 Å². The van der Waals surface area contributed by atoms with Crippen molar-refractivity contribution in [2.75, 3.05) is 6.54 Å². The Labute approximate surface area is 88.7 Å². The lowest BCUT2D eigenvalue weighted by atomic mass is 10.1. The zero-order chi connectivity index (χ0) is 10.8. The molecular formula is C10H17N3O2. The third kappa shape index (κ3) is 2.18. The van der Waals surface area contributed by atoms with Crippen LogP contribution in [0.4, 0.5) is 0 Å². The first-order valence-corrected chi connectivity index (χ1v) is 5.42. The van der Waals surface area contributed by atoms with Gasteiger partial charge in [0.25, 0.3) is 5.89 Å². The van der Waals surface area contributed by atoms with Crippen LogP contribution in [0.5, 0.6) is 0 Å². The number of nitrogens with two attached hydrogens (primary N) is 1. The highest BCUT2D eigenvalue weighted by Gasteiger charge is 2.27. The lowest BCUT2D eigenvalue weighted by molar-refractivity contribution is 0.141. The first-order chi connectivity index (χ1) is 7.20. The minimum atomic E-state index is -0.829. The van der Waals surface area contributed by atoms with E-state index in [4.69, 9.17) is 10.3 Å². The Hall–Kier alpha value is -0.940. The molecule has 0 spiro atoms. The van der Waals surface area contributed by atoms with E-state index in [-0.39, 0.29) is 12.4 Å². The second kappa shape index (κ2) is 4.28. The summed E-state index contributed by atoms with van der Waals surface area (Å²) in [6.07, 6.45) is 2.61. The molecule has 0 aliphatic heterocycles. The van der Waals surface area contributed by atoms with Gasteiger partial charge >= 0.3 is 0 Å². The lowest BCUT2D eigenvalue weighted by Crippen LogP contribution is -2.11. The molecule has 1 aliphatic carbocycles. The van der Waals surface area contributed by atoms with Gasteiger partial charge in [-0.2, -0.15) is 4.98 Å². The summed E-state index contributed by atoms with van der Waals surface area (Å²) in [6, 6.07) is 0. The van der Waals surface area contributed by atoms with Gasteiger partial charge in [-0.3, -0.25) is 0 Å². The van der Waals surface area contributed by atoms with Crippen molar-refractivity contribution in [3.8, 4) is 0 Å². The van der Waals surface area contributed by atoms with E-state index in [1.807, 2.05) is 0 Å². The number of hydrogen-bond donors (Lipinski definition) is 2. The first kappa shape index (κ1) is 10.6. The number of aliphatic hydroxyl groups excluding tert-OH is 1. The Kier molecular flexibility index (Phi) is 3.02. The summed E-state index contributed by atoms with van der Waals surface area (Å²) in [4.78, 5) is 4.19. The second-order valence-corrected chi connectivity index (χ2v) is 4.36. The predicted octanol–water partition coefficient (Wildman–Crippen LogP) is 0.965. The van der Waals surface area contributed by atoms with E-state index in [1.54, 1.807) is 0 Å². The summed E-state index contributed by atoms with van der Waals surface area (Å²) < 4.78 is 4.97. The van der Waals surface area contributed by atoms with Gasteiger partial charge in [-0.25, -0.2) is 0 Å². The van der Waals surface area contributed by atoms with Gasteiger partial charge in [0.05, 0.1) is 0 Å². The molecule has 1 aromatic heterocycles. The molecule has 1 aromatic rings. The van der Waals surface area contributed by atoms with Crippen molar-refractivity contribution < 1.29 is 9.63 Å². The highest BCUT2D eigenvalue weighted by Crippen LogP contribution is 2.36. The third-order valence-corrected chi connectivity index (χ3v) is 3.03. The number of hydrogen-bond acceptors (Lipinski definition) is 5. The van der Waals surface area contributed by atoms with Gasteiger partial charge in [0.1, 0.15) is 6.10 Å². The molecule has 0 saturated heterocycles. The van der Waals surface area contributed by atoms with E-state index in [2.05, 4.69) is 17.1 Å². The summed E-state index contributed by atoms with van der Waals surface area (Å²) in [5.74, 6) is 2.09. The van der Waals surface area contributed by atoms with Crippen molar-refractivity contribution >= 4 is 0 Å². The van der Waals surface area contributed by atoms with Crippen LogP contribution < -0.4 is 5.73 Å². The van der Waals surface area contributed by atoms with Crippen LogP contribution in [-0.2, 0) is 0 Å². The van der Waals surface area contributed by atoms with Crippen molar-refractivity contribution in [1.82, 2.24) is 10.1 Å². The normalized spacial score (nSPS) is 28.2. The monoisotopic (exact) mass is 211 g/mol. The van der Waals surface area contributed by atoms with Crippen LogP contribution in [0.1, 0.15) is 49.9 Å². The molecule has 2 rings (SSSR count). The Morgan fingerprint density at radius 3 is 3.00 bits per heavy atom. The Morgan fingerprint density at radius 2 is 2.40 bits per heavy atom. The van der Waals surface area contributed by atoms with E-state index in [0.717, 1.165) is 24.6 Å². The van der Waals surface area contributed by atoms with Crippen LogP contribution in [0.3, 0.4) is 0 Å². The minimum Gasteiger partial charge on any atom is -0.382 e. The fourth-order valence-electron chi connectivity index (χ4n) is 2.09. The maximum Gasteiger partial charge on any atom is 0.256 e. The topological polar surface area (TPSA) is 85.2 Å². The van der Waals surface area contributed by atoms with E-state index < -0.39 is 6.10 Å². The average molecular weight is 211 g/mol. The summed E-state index contributed by atoms with van der Waals surface area (Å²) >= 11 is 0. The van der Waals surface area contributed by atoms with Gasteiger partial charge in [-0.1, -0.05) is 12.1 Å². The zero-order valence-electron chi connectivity index (χ0n) is 8.89. The maximum atomic E-state index is 9.42. The molecule has 3 unspecified atom stereocenters. The van der Waals surface area contributed by atoms with Gasteiger partial charge in [0.15, 0.2) is 5.82 Å². The van der Waals surface area contributed by atoms with Crippen molar-refractivity contribution in [2.45, 2.75) is 38.2 Å². The smallest absolute Gasteiger partial charge is 0.256 e.